The van der Waals surface area contributed by atoms with Gasteiger partial charge in [-0.15, -0.1) is 0 Å². The van der Waals surface area contributed by atoms with E-state index in [4.69, 9.17) is 0 Å². The van der Waals surface area contributed by atoms with Gasteiger partial charge in [0, 0.05) is 18.9 Å². The van der Waals surface area contributed by atoms with Gasteiger partial charge in [-0.05, 0) is 25.1 Å². The SMILES string of the molecule is C[C@@H](O)c1cc2n(n1)CCN(C(=O)c1cnc3c(O)cccn3c1=O)C2. The third-order valence-electron chi connectivity index (χ3n) is 4.47. The molecule has 0 aromatic carbocycles. The van der Waals surface area contributed by atoms with E-state index in [1.165, 1.54) is 24.5 Å². The predicted octanol–water partition coefficient (Wildman–Crippen LogP) is 0.306. The Morgan fingerprint density at radius 2 is 2.15 bits per heavy atom. The summed E-state index contributed by atoms with van der Waals surface area (Å²) >= 11 is 0. The molecule has 1 atom stereocenters. The number of aromatic nitrogens is 4. The van der Waals surface area contributed by atoms with Crippen LogP contribution in [0.15, 0.2) is 35.4 Å². The van der Waals surface area contributed by atoms with Crippen LogP contribution in [-0.2, 0) is 13.1 Å². The second-order valence-corrected chi connectivity index (χ2v) is 6.25. The van der Waals surface area contributed by atoms with E-state index in [2.05, 4.69) is 10.1 Å². The van der Waals surface area contributed by atoms with Crippen LogP contribution in [0.25, 0.3) is 5.65 Å². The molecular formula is C17H17N5O4. The Morgan fingerprint density at radius 3 is 2.92 bits per heavy atom. The number of hydrogen-bond donors (Lipinski definition) is 2. The Bertz CT molecular complexity index is 1070. The minimum Gasteiger partial charge on any atom is -0.504 e. The fraction of sp³-hybridized carbons (Fsp3) is 0.294. The van der Waals surface area contributed by atoms with Crippen LogP contribution in [0.1, 0.15) is 34.8 Å². The largest absolute Gasteiger partial charge is 0.504 e. The Hall–Kier alpha value is -3.20. The van der Waals surface area contributed by atoms with E-state index in [9.17, 15) is 19.8 Å². The third kappa shape index (κ3) is 2.53. The maximum atomic E-state index is 12.8. The highest BCUT2D eigenvalue weighted by molar-refractivity contribution is 5.93. The number of nitrogens with zero attached hydrogens (tertiary/aromatic N) is 5. The molecule has 0 spiro atoms. The van der Waals surface area contributed by atoms with Gasteiger partial charge in [-0.3, -0.25) is 18.7 Å². The minimum atomic E-state index is -0.681. The molecule has 0 saturated carbocycles. The van der Waals surface area contributed by atoms with Crippen molar-refractivity contribution in [2.75, 3.05) is 6.54 Å². The van der Waals surface area contributed by atoms with Gasteiger partial charge in [-0.1, -0.05) is 0 Å². The van der Waals surface area contributed by atoms with Crippen LogP contribution in [0.4, 0.5) is 0 Å². The number of carbonyl (C=O) groups excluding carboxylic acids is 1. The fourth-order valence-corrected chi connectivity index (χ4v) is 3.07. The molecular weight excluding hydrogens is 338 g/mol. The molecule has 3 aromatic rings. The second kappa shape index (κ2) is 5.95. The summed E-state index contributed by atoms with van der Waals surface area (Å²) in [5.41, 5.74) is 0.869. The number of aliphatic hydroxyl groups excluding tert-OH is 1. The van der Waals surface area contributed by atoms with Crippen LogP contribution in [0, 0.1) is 0 Å². The number of rotatable bonds is 2. The number of aromatic hydroxyl groups is 1. The highest BCUT2D eigenvalue weighted by atomic mass is 16.3. The van der Waals surface area contributed by atoms with E-state index < -0.39 is 17.6 Å². The number of carbonyl (C=O) groups is 1. The Balaban J connectivity index is 1.67. The van der Waals surface area contributed by atoms with Crippen molar-refractivity contribution in [1.29, 1.82) is 0 Å². The first-order valence-electron chi connectivity index (χ1n) is 8.19. The van der Waals surface area contributed by atoms with Crippen LogP contribution in [-0.4, -0.2) is 46.7 Å². The summed E-state index contributed by atoms with van der Waals surface area (Å²) in [5, 5.41) is 23.7. The van der Waals surface area contributed by atoms with Gasteiger partial charge >= 0.3 is 0 Å². The van der Waals surface area contributed by atoms with Gasteiger partial charge in [0.2, 0.25) is 0 Å². The van der Waals surface area contributed by atoms with Gasteiger partial charge in [-0.25, -0.2) is 4.98 Å². The van der Waals surface area contributed by atoms with E-state index in [1.54, 1.807) is 22.6 Å². The van der Waals surface area contributed by atoms with Crippen molar-refractivity contribution in [1.82, 2.24) is 24.1 Å². The van der Waals surface area contributed by atoms with Crippen molar-refractivity contribution < 1.29 is 15.0 Å². The number of fused-ring (bicyclic) bond motifs is 2. The van der Waals surface area contributed by atoms with E-state index in [0.717, 1.165) is 10.1 Å². The van der Waals surface area contributed by atoms with Gasteiger partial charge in [0.1, 0.15) is 5.56 Å². The third-order valence-corrected chi connectivity index (χ3v) is 4.47. The molecule has 4 heterocycles. The molecule has 1 aliphatic heterocycles. The van der Waals surface area contributed by atoms with Crippen LogP contribution in [0.3, 0.4) is 0 Å². The predicted molar refractivity (Wildman–Crippen MR) is 90.7 cm³/mol. The Labute approximate surface area is 147 Å². The van der Waals surface area contributed by atoms with Gasteiger partial charge < -0.3 is 15.1 Å². The van der Waals surface area contributed by atoms with Crippen molar-refractivity contribution in [3.05, 3.63) is 57.9 Å². The number of pyridine rings is 1. The fourth-order valence-electron chi connectivity index (χ4n) is 3.07. The molecule has 0 unspecified atom stereocenters. The first kappa shape index (κ1) is 16.3. The minimum absolute atomic E-state index is 0.0585. The number of amides is 1. The normalized spacial score (nSPS) is 15.1. The summed E-state index contributed by atoms with van der Waals surface area (Å²) in [6.07, 6.45) is 1.98. The molecule has 0 saturated heterocycles. The summed E-state index contributed by atoms with van der Waals surface area (Å²) in [6.45, 7) is 2.81. The molecule has 2 N–H and O–H groups in total. The Morgan fingerprint density at radius 1 is 1.35 bits per heavy atom. The summed E-state index contributed by atoms with van der Waals surface area (Å²) in [7, 11) is 0. The van der Waals surface area contributed by atoms with Crippen LogP contribution in [0.2, 0.25) is 0 Å². The average Bonchev–Trinajstić information content (AvgIpc) is 3.06. The lowest BCUT2D eigenvalue weighted by atomic mass is 10.2. The zero-order chi connectivity index (χ0) is 18.4. The lowest BCUT2D eigenvalue weighted by Crippen LogP contribution is -2.41. The molecule has 0 fully saturated rings. The molecule has 0 aliphatic carbocycles. The first-order valence-corrected chi connectivity index (χ1v) is 8.19. The van der Waals surface area contributed by atoms with E-state index >= 15 is 0 Å². The number of hydrogen-bond acceptors (Lipinski definition) is 6. The van der Waals surface area contributed by atoms with Crippen molar-refractivity contribution in [3.63, 3.8) is 0 Å². The molecule has 26 heavy (non-hydrogen) atoms. The quantitative estimate of drug-likeness (QED) is 0.684. The first-order chi connectivity index (χ1) is 12.5. The van der Waals surface area contributed by atoms with E-state index in [-0.39, 0.29) is 17.0 Å². The van der Waals surface area contributed by atoms with Gasteiger partial charge in [0.25, 0.3) is 11.5 Å². The lowest BCUT2D eigenvalue weighted by molar-refractivity contribution is 0.0703. The maximum absolute atomic E-state index is 12.8. The summed E-state index contributed by atoms with van der Waals surface area (Å²) in [5.74, 6) is -0.553. The molecule has 134 valence electrons. The zero-order valence-electron chi connectivity index (χ0n) is 14.0. The van der Waals surface area contributed by atoms with Crippen molar-refractivity contribution in [2.45, 2.75) is 26.1 Å². The van der Waals surface area contributed by atoms with Crippen LogP contribution >= 0.6 is 0 Å². The zero-order valence-corrected chi connectivity index (χ0v) is 14.0. The highest BCUT2D eigenvalue weighted by Crippen LogP contribution is 2.19. The topological polar surface area (TPSA) is 113 Å². The van der Waals surface area contributed by atoms with Gasteiger partial charge in [0.15, 0.2) is 11.4 Å². The number of aliphatic hydroxyl groups is 1. The molecule has 0 radical (unpaired) electrons. The van der Waals surface area contributed by atoms with Gasteiger partial charge in [0.05, 0.1) is 30.6 Å². The van der Waals surface area contributed by atoms with Gasteiger partial charge in [-0.2, -0.15) is 5.10 Å². The standard InChI is InChI=1S/C17H17N5O4/c1-10(23)13-7-11-9-20(5-6-22(11)19-13)16(25)12-8-18-15-14(24)3-2-4-21(15)17(12)26/h2-4,7-8,10,23-24H,5-6,9H2,1H3/t10-/m1/s1. The molecule has 9 nitrogen and oxygen atoms in total. The smallest absolute Gasteiger partial charge is 0.270 e. The molecule has 9 heteroatoms. The van der Waals surface area contributed by atoms with E-state index in [1.807, 2.05) is 0 Å². The summed E-state index contributed by atoms with van der Waals surface area (Å²) < 4.78 is 2.91. The molecule has 1 aliphatic rings. The molecule has 1 amide bonds. The summed E-state index contributed by atoms with van der Waals surface area (Å²) in [6, 6.07) is 4.69. The second-order valence-electron chi connectivity index (χ2n) is 6.25. The Kier molecular flexibility index (Phi) is 3.73. The van der Waals surface area contributed by atoms with E-state index in [0.29, 0.717) is 25.3 Å². The van der Waals surface area contributed by atoms with Crippen LogP contribution < -0.4 is 5.56 Å². The molecule has 4 rings (SSSR count). The lowest BCUT2D eigenvalue weighted by Gasteiger charge is -2.27. The molecule has 3 aromatic heterocycles. The van der Waals surface area contributed by atoms with Crippen LogP contribution in [0.5, 0.6) is 5.75 Å². The molecule has 0 bridgehead atoms. The average molecular weight is 355 g/mol. The van der Waals surface area contributed by atoms with Crippen molar-refractivity contribution >= 4 is 11.6 Å². The maximum Gasteiger partial charge on any atom is 0.270 e. The highest BCUT2D eigenvalue weighted by Gasteiger charge is 2.26. The van der Waals surface area contributed by atoms with Crippen molar-refractivity contribution in [2.24, 2.45) is 0 Å². The summed E-state index contributed by atoms with van der Waals surface area (Å²) in [4.78, 5) is 31.0. The monoisotopic (exact) mass is 355 g/mol. The van der Waals surface area contributed by atoms with Crippen molar-refractivity contribution in [3.8, 4) is 5.75 Å².